The Hall–Kier alpha value is -1.18. The van der Waals surface area contributed by atoms with E-state index in [1.165, 1.54) is 7.05 Å². The SMILES string of the molecule is CC.CNC(=O)C(N)COC(=O)CCN1CCN(C)CC1. The summed E-state index contributed by atoms with van der Waals surface area (Å²) in [4.78, 5) is 27.1. The molecule has 0 aromatic heterocycles. The number of likely N-dealkylation sites (N-methyl/N-ethyl adjacent to an activating group) is 2. The molecule has 1 unspecified atom stereocenters. The van der Waals surface area contributed by atoms with Crippen LogP contribution >= 0.6 is 0 Å². The van der Waals surface area contributed by atoms with Crippen LogP contribution in [0.25, 0.3) is 0 Å². The van der Waals surface area contributed by atoms with Gasteiger partial charge in [0.05, 0.1) is 6.42 Å². The van der Waals surface area contributed by atoms with Gasteiger partial charge in [0.25, 0.3) is 0 Å². The second kappa shape index (κ2) is 11.5. The fraction of sp³-hybridized carbons (Fsp3) is 0.857. The van der Waals surface area contributed by atoms with E-state index in [-0.39, 0.29) is 18.5 Å². The number of nitrogens with zero attached hydrogens (tertiary/aromatic N) is 2. The summed E-state index contributed by atoms with van der Waals surface area (Å²) in [5, 5.41) is 2.41. The zero-order valence-corrected chi connectivity index (χ0v) is 13.7. The van der Waals surface area contributed by atoms with Crippen molar-refractivity contribution in [2.24, 2.45) is 5.73 Å². The number of rotatable bonds is 6. The smallest absolute Gasteiger partial charge is 0.307 e. The van der Waals surface area contributed by atoms with E-state index >= 15 is 0 Å². The number of amides is 1. The lowest BCUT2D eigenvalue weighted by Gasteiger charge is -2.32. The minimum absolute atomic E-state index is 0.0682. The Morgan fingerprint density at radius 2 is 1.81 bits per heavy atom. The standard InChI is InChI=1S/C12H24N4O3.C2H6/c1-14-12(18)10(13)9-19-11(17)3-4-16-7-5-15(2)6-8-16;1-2/h10H,3-9,13H2,1-2H3,(H,14,18);1-2H3. The Labute approximate surface area is 127 Å². The van der Waals surface area contributed by atoms with Crippen LogP contribution in [0, 0.1) is 0 Å². The zero-order chi connectivity index (χ0) is 16.3. The molecule has 1 heterocycles. The molecule has 0 aromatic carbocycles. The molecule has 0 saturated carbocycles. The van der Waals surface area contributed by atoms with Gasteiger partial charge in [0.2, 0.25) is 5.91 Å². The third kappa shape index (κ3) is 8.64. The molecule has 7 nitrogen and oxygen atoms in total. The second-order valence-electron chi connectivity index (χ2n) is 4.80. The molecular weight excluding hydrogens is 272 g/mol. The largest absolute Gasteiger partial charge is 0.463 e. The van der Waals surface area contributed by atoms with Gasteiger partial charge in [0, 0.05) is 39.8 Å². The lowest BCUT2D eigenvalue weighted by molar-refractivity contribution is -0.145. The number of ether oxygens (including phenoxy) is 1. The van der Waals surface area contributed by atoms with Crippen molar-refractivity contribution in [3.63, 3.8) is 0 Å². The van der Waals surface area contributed by atoms with Crippen molar-refractivity contribution >= 4 is 11.9 Å². The normalized spacial score (nSPS) is 17.4. The molecule has 1 saturated heterocycles. The molecule has 124 valence electrons. The van der Waals surface area contributed by atoms with E-state index in [4.69, 9.17) is 10.5 Å². The Morgan fingerprint density at radius 1 is 1.24 bits per heavy atom. The van der Waals surface area contributed by atoms with Crippen molar-refractivity contribution in [2.75, 3.05) is 53.4 Å². The summed E-state index contributed by atoms with van der Waals surface area (Å²) >= 11 is 0. The average Bonchev–Trinajstić information content (AvgIpc) is 2.53. The van der Waals surface area contributed by atoms with Crippen molar-refractivity contribution in [1.82, 2.24) is 15.1 Å². The second-order valence-corrected chi connectivity index (χ2v) is 4.80. The van der Waals surface area contributed by atoms with Crippen LogP contribution in [0.2, 0.25) is 0 Å². The summed E-state index contributed by atoms with van der Waals surface area (Å²) in [6.07, 6.45) is 0.337. The molecule has 0 aromatic rings. The number of piperazine rings is 1. The average molecular weight is 302 g/mol. The van der Waals surface area contributed by atoms with Gasteiger partial charge in [-0.05, 0) is 7.05 Å². The first-order chi connectivity index (χ1) is 10.0. The molecule has 7 heteroatoms. The molecular formula is C14H30N4O3. The van der Waals surface area contributed by atoms with Crippen LogP contribution in [-0.4, -0.2) is 81.1 Å². The molecule has 0 radical (unpaired) electrons. The first-order valence-corrected chi connectivity index (χ1v) is 7.56. The molecule has 1 amide bonds. The molecule has 1 aliphatic rings. The molecule has 0 bridgehead atoms. The van der Waals surface area contributed by atoms with Gasteiger partial charge in [-0.1, -0.05) is 13.8 Å². The van der Waals surface area contributed by atoms with Crippen molar-refractivity contribution in [1.29, 1.82) is 0 Å². The Kier molecular flexibility index (Phi) is 10.8. The molecule has 1 fully saturated rings. The quantitative estimate of drug-likeness (QED) is 0.629. The molecule has 3 N–H and O–H groups in total. The van der Waals surface area contributed by atoms with Crippen LogP contribution < -0.4 is 11.1 Å². The third-order valence-corrected chi connectivity index (χ3v) is 3.24. The van der Waals surface area contributed by atoms with Crippen LogP contribution in [0.15, 0.2) is 0 Å². The summed E-state index contributed by atoms with van der Waals surface area (Å²) in [7, 11) is 3.59. The van der Waals surface area contributed by atoms with Crippen molar-refractivity contribution in [2.45, 2.75) is 26.3 Å². The Bertz CT molecular complexity index is 305. The molecule has 1 atom stereocenters. The fourth-order valence-corrected chi connectivity index (χ4v) is 1.84. The number of carbonyl (C=O) groups excluding carboxylic acids is 2. The third-order valence-electron chi connectivity index (χ3n) is 3.24. The Morgan fingerprint density at radius 3 is 2.33 bits per heavy atom. The van der Waals surface area contributed by atoms with E-state index in [1.54, 1.807) is 0 Å². The maximum Gasteiger partial charge on any atom is 0.307 e. The highest BCUT2D eigenvalue weighted by molar-refractivity contribution is 5.81. The minimum atomic E-state index is -0.794. The fourth-order valence-electron chi connectivity index (χ4n) is 1.84. The number of hydrogen-bond donors (Lipinski definition) is 2. The number of nitrogens with two attached hydrogens (primary N) is 1. The maximum absolute atomic E-state index is 11.5. The molecule has 0 spiro atoms. The highest BCUT2D eigenvalue weighted by Crippen LogP contribution is 2.01. The summed E-state index contributed by atoms with van der Waals surface area (Å²) in [6, 6.07) is -0.794. The first kappa shape index (κ1) is 19.8. The highest BCUT2D eigenvalue weighted by Gasteiger charge is 2.17. The van der Waals surface area contributed by atoms with Gasteiger partial charge >= 0.3 is 5.97 Å². The van der Waals surface area contributed by atoms with Crippen LogP contribution in [-0.2, 0) is 14.3 Å². The summed E-state index contributed by atoms with van der Waals surface area (Å²) in [5.74, 6) is -0.634. The van der Waals surface area contributed by atoms with E-state index in [1.807, 2.05) is 13.8 Å². The monoisotopic (exact) mass is 302 g/mol. The molecule has 1 rings (SSSR count). The minimum Gasteiger partial charge on any atom is -0.463 e. The number of carbonyl (C=O) groups is 2. The summed E-state index contributed by atoms with van der Waals surface area (Å²) in [6.45, 7) is 8.62. The maximum atomic E-state index is 11.5. The van der Waals surface area contributed by atoms with E-state index in [0.29, 0.717) is 13.0 Å². The summed E-state index contributed by atoms with van der Waals surface area (Å²) < 4.78 is 4.98. The van der Waals surface area contributed by atoms with Gasteiger partial charge in [0.1, 0.15) is 12.6 Å². The predicted molar refractivity (Wildman–Crippen MR) is 82.9 cm³/mol. The molecule has 0 aliphatic carbocycles. The number of esters is 1. The Balaban J connectivity index is 0.00000191. The van der Waals surface area contributed by atoms with Gasteiger partial charge in [-0.2, -0.15) is 0 Å². The summed E-state index contributed by atoms with van der Waals surface area (Å²) in [5.41, 5.74) is 5.53. The van der Waals surface area contributed by atoms with E-state index in [9.17, 15) is 9.59 Å². The lowest BCUT2D eigenvalue weighted by Crippen LogP contribution is -2.45. The van der Waals surface area contributed by atoms with Gasteiger partial charge in [0.15, 0.2) is 0 Å². The van der Waals surface area contributed by atoms with Crippen LogP contribution in [0.3, 0.4) is 0 Å². The highest BCUT2D eigenvalue weighted by atomic mass is 16.5. The van der Waals surface area contributed by atoms with Gasteiger partial charge < -0.3 is 25.6 Å². The van der Waals surface area contributed by atoms with Crippen LogP contribution in [0.4, 0.5) is 0 Å². The van der Waals surface area contributed by atoms with Crippen molar-refractivity contribution < 1.29 is 14.3 Å². The van der Waals surface area contributed by atoms with E-state index in [2.05, 4.69) is 22.2 Å². The lowest BCUT2D eigenvalue weighted by atomic mass is 10.3. The van der Waals surface area contributed by atoms with Gasteiger partial charge in [-0.3, -0.25) is 9.59 Å². The van der Waals surface area contributed by atoms with Crippen molar-refractivity contribution in [3.05, 3.63) is 0 Å². The van der Waals surface area contributed by atoms with Crippen LogP contribution in [0.5, 0.6) is 0 Å². The number of hydrogen-bond acceptors (Lipinski definition) is 6. The van der Waals surface area contributed by atoms with Crippen LogP contribution in [0.1, 0.15) is 20.3 Å². The first-order valence-electron chi connectivity index (χ1n) is 7.56. The molecule has 1 aliphatic heterocycles. The topological polar surface area (TPSA) is 87.9 Å². The van der Waals surface area contributed by atoms with E-state index in [0.717, 1.165) is 26.2 Å². The van der Waals surface area contributed by atoms with Crippen molar-refractivity contribution in [3.8, 4) is 0 Å². The van der Waals surface area contributed by atoms with Gasteiger partial charge in [-0.15, -0.1) is 0 Å². The van der Waals surface area contributed by atoms with E-state index < -0.39 is 6.04 Å². The predicted octanol–water partition coefficient (Wildman–Crippen LogP) is -0.733. The van der Waals surface area contributed by atoms with Gasteiger partial charge in [-0.25, -0.2) is 0 Å². The number of nitrogens with one attached hydrogen (secondary N) is 1. The zero-order valence-electron chi connectivity index (χ0n) is 13.7. The molecule has 21 heavy (non-hydrogen) atoms.